The van der Waals surface area contributed by atoms with Crippen molar-refractivity contribution in [2.45, 2.75) is 6.61 Å². The van der Waals surface area contributed by atoms with Gasteiger partial charge >= 0.3 is 0 Å². The van der Waals surface area contributed by atoms with Gasteiger partial charge in [-0.05, 0) is 36.4 Å². The van der Waals surface area contributed by atoms with Crippen LogP contribution in [0.15, 0.2) is 46.9 Å². The van der Waals surface area contributed by atoms with Crippen molar-refractivity contribution in [2.75, 3.05) is 7.11 Å². The van der Waals surface area contributed by atoms with Gasteiger partial charge in [-0.3, -0.25) is 0 Å². The molecule has 7 heteroatoms. The number of rotatable bonds is 5. The van der Waals surface area contributed by atoms with Crippen LogP contribution < -0.4 is 9.47 Å². The molecule has 5 nitrogen and oxygen atoms in total. The Hall–Kier alpha value is -2.24. The molecule has 0 unspecified atom stereocenters. The molecular formula is C16H12Cl2N2O3. The number of halogens is 2. The molecule has 0 N–H and O–H groups in total. The maximum atomic E-state index is 6.03. The third-order valence-corrected chi connectivity index (χ3v) is 3.60. The topological polar surface area (TPSA) is 57.4 Å². The summed E-state index contributed by atoms with van der Waals surface area (Å²) >= 11 is 11.9. The normalized spacial score (nSPS) is 10.6. The van der Waals surface area contributed by atoms with Crippen molar-refractivity contribution < 1.29 is 13.9 Å². The maximum absolute atomic E-state index is 6.03. The summed E-state index contributed by atoms with van der Waals surface area (Å²) in [6.07, 6.45) is 0. The minimum absolute atomic E-state index is 0.100. The Morgan fingerprint density at radius 3 is 2.57 bits per heavy atom. The van der Waals surface area contributed by atoms with Gasteiger partial charge in [-0.25, -0.2) is 0 Å². The minimum atomic E-state index is 0.100. The third kappa shape index (κ3) is 3.75. The van der Waals surface area contributed by atoms with Crippen LogP contribution in [0.2, 0.25) is 10.0 Å². The zero-order valence-corrected chi connectivity index (χ0v) is 13.6. The number of hydrogen-bond donors (Lipinski definition) is 0. The van der Waals surface area contributed by atoms with Crippen molar-refractivity contribution in [1.82, 2.24) is 10.2 Å². The molecule has 1 aromatic heterocycles. The molecular weight excluding hydrogens is 339 g/mol. The zero-order valence-electron chi connectivity index (χ0n) is 12.1. The second kappa shape index (κ2) is 6.89. The maximum Gasteiger partial charge on any atom is 0.254 e. The van der Waals surface area contributed by atoms with Crippen molar-refractivity contribution in [2.24, 2.45) is 0 Å². The Bertz CT molecular complexity index is 803. The van der Waals surface area contributed by atoms with E-state index in [1.165, 1.54) is 0 Å². The van der Waals surface area contributed by atoms with Gasteiger partial charge in [0.05, 0.1) is 12.1 Å². The molecule has 0 atom stereocenters. The van der Waals surface area contributed by atoms with Crippen LogP contribution in [0.25, 0.3) is 11.5 Å². The van der Waals surface area contributed by atoms with Gasteiger partial charge in [-0.15, -0.1) is 10.2 Å². The molecule has 0 saturated carbocycles. The van der Waals surface area contributed by atoms with Gasteiger partial charge < -0.3 is 13.9 Å². The fourth-order valence-electron chi connectivity index (χ4n) is 1.89. The average molecular weight is 351 g/mol. The summed E-state index contributed by atoms with van der Waals surface area (Å²) in [6, 6.07) is 12.3. The lowest BCUT2D eigenvalue weighted by Crippen LogP contribution is -1.96. The number of ether oxygens (including phenoxy) is 2. The molecule has 23 heavy (non-hydrogen) atoms. The molecule has 2 aromatic carbocycles. The summed E-state index contributed by atoms with van der Waals surface area (Å²) in [5.41, 5.74) is 0.797. The Morgan fingerprint density at radius 2 is 1.83 bits per heavy atom. The first kappa shape index (κ1) is 15.6. The van der Waals surface area contributed by atoms with Crippen LogP contribution in [-0.2, 0) is 6.61 Å². The van der Waals surface area contributed by atoms with Crippen molar-refractivity contribution in [3.8, 4) is 23.0 Å². The second-order valence-electron chi connectivity index (χ2n) is 4.59. The largest absolute Gasteiger partial charge is 0.497 e. The van der Waals surface area contributed by atoms with Crippen LogP contribution in [0.5, 0.6) is 11.5 Å². The summed E-state index contributed by atoms with van der Waals surface area (Å²) in [6.45, 7) is 0.100. The number of benzene rings is 2. The molecule has 118 valence electrons. The smallest absolute Gasteiger partial charge is 0.254 e. The number of nitrogens with zero attached hydrogens (tertiary/aromatic N) is 2. The quantitative estimate of drug-likeness (QED) is 0.671. The predicted octanol–water partition coefficient (Wildman–Crippen LogP) is 4.63. The van der Waals surface area contributed by atoms with Crippen molar-refractivity contribution >= 4 is 23.2 Å². The molecule has 0 radical (unpaired) electrons. The fraction of sp³-hybridized carbons (Fsp3) is 0.125. The molecule has 3 rings (SSSR count). The molecule has 0 fully saturated rings. The second-order valence-corrected chi connectivity index (χ2v) is 5.44. The highest BCUT2D eigenvalue weighted by molar-refractivity contribution is 6.34. The van der Waals surface area contributed by atoms with E-state index in [1.54, 1.807) is 25.3 Å². The van der Waals surface area contributed by atoms with Gasteiger partial charge in [0, 0.05) is 16.7 Å². The van der Waals surface area contributed by atoms with E-state index in [-0.39, 0.29) is 6.61 Å². The van der Waals surface area contributed by atoms with Gasteiger partial charge in [-0.1, -0.05) is 23.2 Å². The van der Waals surface area contributed by atoms with E-state index < -0.39 is 0 Å². The minimum Gasteiger partial charge on any atom is -0.497 e. The molecule has 0 aliphatic rings. The SMILES string of the molecule is COc1ccc(-c2nnc(COc3cc(Cl)ccc3Cl)o2)cc1. The molecule has 0 amide bonds. The highest BCUT2D eigenvalue weighted by Gasteiger charge is 2.10. The summed E-state index contributed by atoms with van der Waals surface area (Å²) in [5.74, 6) is 1.96. The Balaban J connectivity index is 1.70. The molecule has 3 aromatic rings. The molecule has 0 saturated heterocycles. The summed E-state index contributed by atoms with van der Waals surface area (Å²) in [7, 11) is 1.61. The van der Waals surface area contributed by atoms with Crippen LogP contribution >= 0.6 is 23.2 Å². The van der Waals surface area contributed by atoms with E-state index in [1.807, 2.05) is 24.3 Å². The number of aromatic nitrogens is 2. The lowest BCUT2D eigenvalue weighted by Gasteiger charge is -2.05. The Labute approximate surface area is 142 Å². The first-order valence-corrected chi connectivity index (χ1v) is 7.46. The van der Waals surface area contributed by atoms with E-state index >= 15 is 0 Å². The Morgan fingerprint density at radius 1 is 1.04 bits per heavy atom. The van der Waals surface area contributed by atoms with Crippen LogP contribution in [0.3, 0.4) is 0 Å². The van der Waals surface area contributed by atoms with Gasteiger partial charge in [0.2, 0.25) is 5.89 Å². The van der Waals surface area contributed by atoms with Gasteiger partial charge in [0.15, 0.2) is 6.61 Å². The summed E-state index contributed by atoms with van der Waals surface area (Å²) in [4.78, 5) is 0. The molecule has 0 spiro atoms. The highest BCUT2D eigenvalue weighted by Crippen LogP contribution is 2.28. The molecule has 1 heterocycles. The van der Waals surface area contributed by atoms with Crippen molar-refractivity contribution in [1.29, 1.82) is 0 Å². The van der Waals surface area contributed by atoms with E-state index in [9.17, 15) is 0 Å². The summed E-state index contributed by atoms with van der Waals surface area (Å²) in [5, 5.41) is 8.95. The average Bonchev–Trinajstić information content (AvgIpc) is 3.05. The standard InChI is InChI=1S/C16H12Cl2N2O3/c1-21-12-5-2-10(3-6-12)16-20-19-15(23-16)9-22-14-8-11(17)4-7-13(14)18/h2-8H,9H2,1H3. The summed E-state index contributed by atoms with van der Waals surface area (Å²) < 4.78 is 16.2. The fourth-order valence-corrected chi connectivity index (χ4v) is 2.22. The lowest BCUT2D eigenvalue weighted by molar-refractivity contribution is 0.264. The van der Waals surface area contributed by atoms with E-state index in [2.05, 4.69) is 10.2 Å². The van der Waals surface area contributed by atoms with Crippen LogP contribution in [-0.4, -0.2) is 17.3 Å². The monoisotopic (exact) mass is 350 g/mol. The lowest BCUT2D eigenvalue weighted by atomic mass is 10.2. The Kier molecular flexibility index (Phi) is 4.69. The van der Waals surface area contributed by atoms with Crippen molar-refractivity contribution in [3.63, 3.8) is 0 Å². The van der Waals surface area contributed by atoms with E-state index in [4.69, 9.17) is 37.1 Å². The molecule has 0 aliphatic heterocycles. The van der Waals surface area contributed by atoms with Crippen molar-refractivity contribution in [3.05, 3.63) is 58.4 Å². The first-order valence-electron chi connectivity index (χ1n) is 6.70. The highest BCUT2D eigenvalue weighted by atomic mass is 35.5. The number of hydrogen-bond acceptors (Lipinski definition) is 5. The predicted molar refractivity (Wildman–Crippen MR) is 87.1 cm³/mol. The zero-order chi connectivity index (χ0) is 16.2. The van der Waals surface area contributed by atoms with Gasteiger partial charge in [0.1, 0.15) is 11.5 Å². The third-order valence-electron chi connectivity index (χ3n) is 3.05. The number of methoxy groups -OCH3 is 1. The van der Waals surface area contributed by atoms with Gasteiger partial charge in [-0.2, -0.15) is 0 Å². The molecule has 0 aliphatic carbocycles. The first-order chi connectivity index (χ1) is 11.2. The van der Waals surface area contributed by atoms with E-state index in [0.29, 0.717) is 27.6 Å². The van der Waals surface area contributed by atoms with E-state index in [0.717, 1.165) is 11.3 Å². The van der Waals surface area contributed by atoms with Crippen LogP contribution in [0.4, 0.5) is 0 Å². The molecule has 0 bridgehead atoms. The van der Waals surface area contributed by atoms with Crippen LogP contribution in [0, 0.1) is 0 Å². The van der Waals surface area contributed by atoms with Gasteiger partial charge in [0.25, 0.3) is 5.89 Å². The van der Waals surface area contributed by atoms with Crippen LogP contribution in [0.1, 0.15) is 5.89 Å².